The first-order valence-corrected chi connectivity index (χ1v) is 10.3. The lowest BCUT2D eigenvalue weighted by Gasteiger charge is -2.34. The van der Waals surface area contributed by atoms with E-state index in [1.54, 1.807) is 13.0 Å². The molecule has 9 nitrogen and oxygen atoms in total. The molecule has 1 saturated heterocycles. The van der Waals surface area contributed by atoms with Gasteiger partial charge in [0.2, 0.25) is 0 Å². The van der Waals surface area contributed by atoms with Crippen molar-refractivity contribution in [2.45, 2.75) is 6.92 Å². The maximum absolute atomic E-state index is 12.3. The van der Waals surface area contributed by atoms with Crippen LogP contribution in [0.15, 0.2) is 48.8 Å². The number of anilines is 2. The quantitative estimate of drug-likeness (QED) is 0.486. The Morgan fingerprint density at radius 1 is 1.23 bits per heavy atom. The average molecular weight is 422 g/mol. The minimum absolute atomic E-state index is 0.230. The van der Waals surface area contributed by atoms with E-state index in [4.69, 9.17) is 0 Å². The van der Waals surface area contributed by atoms with Crippen molar-refractivity contribution in [2.24, 2.45) is 0 Å². The lowest BCUT2D eigenvalue weighted by atomic mass is 10.1. The maximum Gasteiger partial charge on any atom is 0.355 e. The molecule has 0 unspecified atom stereocenters. The fraction of sp³-hybridized carbons (Fsp3) is 0.318. The molecule has 1 aliphatic rings. The van der Waals surface area contributed by atoms with Crippen LogP contribution in [-0.2, 0) is 9.63 Å². The number of carbonyl (C=O) groups excluding carboxylic acids is 2. The summed E-state index contributed by atoms with van der Waals surface area (Å²) in [5.41, 5.74) is 4.48. The van der Waals surface area contributed by atoms with Crippen molar-refractivity contribution in [3.05, 3.63) is 48.8 Å². The third-order valence-corrected chi connectivity index (χ3v) is 5.46. The molecule has 4 rings (SSSR count). The van der Waals surface area contributed by atoms with Gasteiger partial charge in [-0.15, -0.1) is 0 Å². The number of pyridine rings is 1. The number of hydrogen-bond acceptors (Lipinski definition) is 6. The molecule has 0 radical (unpaired) electrons. The monoisotopic (exact) mass is 422 g/mol. The minimum Gasteiger partial charge on any atom is -0.369 e. The molecule has 0 bridgehead atoms. The van der Waals surface area contributed by atoms with Crippen LogP contribution in [0.5, 0.6) is 0 Å². The summed E-state index contributed by atoms with van der Waals surface area (Å²) >= 11 is 0. The van der Waals surface area contributed by atoms with Crippen molar-refractivity contribution in [1.29, 1.82) is 0 Å². The second-order valence-corrected chi connectivity index (χ2v) is 7.45. The number of benzene rings is 1. The molecule has 9 heteroatoms. The van der Waals surface area contributed by atoms with Crippen LogP contribution in [0, 0.1) is 0 Å². The summed E-state index contributed by atoms with van der Waals surface area (Å²) in [4.78, 5) is 36.8. The highest BCUT2D eigenvalue weighted by Gasteiger charge is 2.16. The number of hydrogen-bond donors (Lipinski definition) is 1. The topological polar surface area (TPSA) is 82.4 Å². The van der Waals surface area contributed by atoms with Gasteiger partial charge in [0.25, 0.3) is 0 Å². The summed E-state index contributed by atoms with van der Waals surface area (Å²) in [5, 5.41) is 3.70. The van der Waals surface area contributed by atoms with Crippen LogP contribution in [0.2, 0.25) is 0 Å². The molecular weight excluding hydrogens is 396 g/mol. The zero-order chi connectivity index (χ0) is 21.8. The van der Waals surface area contributed by atoms with E-state index in [2.05, 4.69) is 44.1 Å². The molecule has 1 fully saturated rings. The molecule has 0 aliphatic carbocycles. The number of aromatic nitrogens is 2. The van der Waals surface area contributed by atoms with Gasteiger partial charge in [0.15, 0.2) is 0 Å². The minimum atomic E-state index is -0.512. The predicted molar refractivity (Wildman–Crippen MR) is 119 cm³/mol. The first-order chi connectivity index (χ1) is 15.1. The van der Waals surface area contributed by atoms with E-state index in [0.29, 0.717) is 5.69 Å². The molecule has 2 amide bonds. The van der Waals surface area contributed by atoms with Crippen molar-refractivity contribution in [3.63, 3.8) is 0 Å². The number of piperazine rings is 1. The molecule has 162 valence electrons. The first-order valence-electron chi connectivity index (χ1n) is 10.3. The number of amides is 2. The Kier molecular flexibility index (Phi) is 6.03. The van der Waals surface area contributed by atoms with Crippen molar-refractivity contribution in [2.75, 3.05) is 50.0 Å². The second-order valence-electron chi connectivity index (χ2n) is 7.45. The van der Waals surface area contributed by atoms with Crippen LogP contribution >= 0.6 is 0 Å². The van der Waals surface area contributed by atoms with Gasteiger partial charge in [-0.2, -0.15) is 5.06 Å². The summed E-state index contributed by atoms with van der Waals surface area (Å²) in [5.74, 6) is 0. The molecular formula is C22H26N6O3. The molecule has 0 spiro atoms. The van der Waals surface area contributed by atoms with Gasteiger partial charge >= 0.3 is 12.5 Å². The SMILES string of the molecule is CCN(OC=O)C(=O)Nc1cccc(-c2cnc3cc(N4CCN(C)CC4)ccn23)c1. The highest BCUT2D eigenvalue weighted by molar-refractivity contribution is 5.89. The number of nitrogens with one attached hydrogen (secondary N) is 1. The smallest absolute Gasteiger partial charge is 0.355 e. The van der Waals surface area contributed by atoms with Gasteiger partial charge < -0.3 is 20.0 Å². The van der Waals surface area contributed by atoms with Gasteiger partial charge in [0.1, 0.15) is 5.65 Å². The molecule has 2 aromatic heterocycles. The Hall–Kier alpha value is -3.59. The van der Waals surface area contributed by atoms with Gasteiger partial charge in [0.05, 0.1) is 18.4 Å². The largest absolute Gasteiger partial charge is 0.369 e. The third-order valence-electron chi connectivity index (χ3n) is 5.46. The normalized spacial score (nSPS) is 14.5. The number of fused-ring (bicyclic) bond motifs is 1. The first kappa shape index (κ1) is 20.7. The number of carbonyl (C=O) groups is 2. The van der Waals surface area contributed by atoms with E-state index in [-0.39, 0.29) is 13.0 Å². The molecule has 3 heterocycles. The van der Waals surface area contributed by atoms with Gasteiger partial charge in [-0.1, -0.05) is 12.1 Å². The van der Waals surface area contributed by atoms with Crippen molar-refractivity contribution >= 4 is 29.5 Å². The Bertz CT molecular complexity index is 1070. The highest BCUT2D eigenvalue weighted by Crippen LogP contribution is 2.26. The third kappa shape index (κ3) is 4.46. The highest BCUT2D eigenvalue weighted by atomic mass is 16.7. The average Bonchev–Trinajstić information content (AvgIpc) is 3.21. The summed E-state index contributed by atoms with van der Waals surface area (Å²) in [6, 6.07) is 11.2. The van der Waals surface area contributed by atoms with Gasteiger partial charge in [-0.05, 0) is 32.2 Å². The zero-order valence-electron chi connectivity index (χ0n) is 17.7. The van der Waals surface area contributed by atoms with Crippen LogP contribution in [0.25, 0.3) is 16.9 Å². The van der Waals surface area contributed by atoms with Gasteiger partial charge in [-0.25, -0.2) is 9.78 Å². The Morgan fingerprint density at radius 3 is 2.77 bits per heavy atom. The fourth-order valence-electron chi connectivity index (χ4n) is 3.70. The standard InChI is InChI=1S/C22H26N6O3/c1-3-28(31-16-29)22(30)24-18-6-4-5-17(13-18)20-15-23-21-14-19(7-8-27(20)21)26-11-9-25(2)10-12-26/h4-8,13-16H,3,9-12H2,1-2H3,(H,24,30). The van der Waals surface area contributed by atoms with Crippen LogP contribution in [0.1, 0.15) is 6.92 Å². The van der Waals surface area contributed by atoms with Gasteiger partial charge in [-0.3, -0.25) is 9.20 Å². The van der Waals surface area contributed by atoms with E-state index in [9.17, 15) is 9.59 Å². The molecule has 0 atom stereocenters. The predicted octanol–water partition coefficient (Wildman–Crippen LogP) is 2.69. The van der Waals surface area contributed by atoms with E-state index >= 15 is 0 Å². The van der Waals surface area contributed by atoms with E-state index in [1.807, 2.05) is 35.0 Å². The van der Waals surface area contributed by atoms with Crippen molar-refractivity contribution in [3.8, 4) is 11.3 Å². The van der Waals surface area contributed by atoms with Crippen LogP contribution in [-0.4, -0.2) is 71.6 Å². The van der Waals surface area contributed by atoms with Crippen LogP contribution < -0.4 is 10.2 Å². The van der Waals surface area contributed by atoms with Crippen molar-refractivity contribution in [1.82, 2.24) is 19.3 Å². The number of hydroxylamine groups is 2. The molecule has 1 N–H and O–H groups in total. The van der Waals surface area contributed by atoms with Crippen LogP contribution in [0.4, 0.5) is 16.2 Å². The number of imidazole rings is 1. The lowest BCUT2D eigenvalue weighted by Crippen LogP contribution is -2.44. The lowest BCUT2D eigenvalue weighted by molar-refractivity contribution is -0.158. The van der Waals surface area contributed by atoms with E-state index in [1.165, 1.54) is 5.69 Å². The van der Waals surface area contributed by atoms with E-state index < -0.39 is 6.03 Å². The fourth-order valence-corrected chi connectivity index (χ4v) is 3.70. The summed E-state index contributed by atoms with van der Waals surface area (Å²) < 4.78 is 2.04. The van der Waals surface area contributed by atoms with Crippen LogP contribution in [0.3, 0.4) is 0 Å². The summed E-state index contributed by atoms with van der Waals surface area (Å²) in [6.07, 6.45) is 3.87. The maximum atomic E-state index is 12.3. The summed E-state index contributed by atoms with van der Waals surface area (Å²) in [6.45, 7) is 6.30. The number of urea groups is 1. The summed E-state index contributed by atoms with van der Waals surface area (Å²) in [7, 11) is 2.15. The van der Waals surface area contributed by atoms with Gasteiger partial charge in [0, 0.05) is 55.4 Å². The second kappa shape index (κ2) is 9.05. The number of likely N-dealkylation sites (N-methyl/N-ethyl adjacent to an activating group) is 1. The Labute approximate surface area is 180 Å². The molecule has 1 aromatic carbocycles. The molecule has 31 heavy (non-hydrogen) atoms. The van der Waals surface area contributed by atoms with Crippen molar-refractivity contribution < 1.29 is 14.4 Å². The molecule has 0 saturated carbocycles. The Balaban J connectivity index is 1.55. The molecule has 3 aromatic rings. The number of rotatable bonds is 6. The number of nitrogens with zero attached hydrogens (tertiary/aromatic N) is 5. The Morgan fingerprint density at radius 2 is 2.03 bits per heavy atom. The molecule has 1 aliphatic heterocycles. The zero-order valence-corrected chi connectivity index (χ0v) is 17.7. The van der Waals surface area contributed by atoms with E-state index in [0.717, 1.165) is 48.1 Å².